The Kier molecular flexibility index (Phi) is 1.73. The lowest BCUT2D eigenvalue weighted by molar-refractivity contribution is 0.0459. The van der Waals surface area contributed by atoms with Crippen LogP contribution in [0.4, 0.5) is 0 Å². The SMILES string of the molecule is [2H]c1cc2c3c(ccc2c([2H])c1O)[C@@H]1CC([2H])([2H])[C@H](O)[C@@]1(C)CC3. The predicted octanol–water partition coefficient (Wildman–Crippen LogP) is 3.74. The van der Waals surface area contributed by atoms with E-state index in [0.29, 0.717) is 18.2 Å². The molecule has 20 heavy (non-hydrogen) atoms. The van der Waals surface area contributed by atoms with Gasteiger partial charge in [-0.2, -0.15) is 0 Å². The molecule has 1 saturated carbocycles. The van der Waals surface area contributed by atoms with Crippen LogP contribution in [0.1, 0.15) is 48.7 Å². The Morgan fingerprint density at radius 3 is 3.10 bits per heavy atom. The molecule has 2 aromatic rings. The van der Waals surface area contributed by atoms with E-state index >= 15 is 0 Å². The van der Waals surface area contributed by atoms with Gasteiger partial charge in [-0.05, 0) is 65.5 Å². The van der Waals surface area contributed by atoms with Crippen LogP contribution in [0.3, 0.4) is 0 Å². The Hall–Kier alpha value is -1.54. The molecular weight excluding hydrogens is 248 g/mol. The highest BCUT2D eigenvalue weighted by molar-refractivity contribution is 5.88. The molecule has 0 radical (unpaired) electrons. The molecule has 2 nitrogen and oxygen atoms in total. The highest BCUT2D eigenvalue weighted by atomic mass is 16.3. The summed E-state index contributed by atoms with van der Waals surface area (Å²) in [5, 5.41) is 21.8. The standard InChI is InChI=1S/C18H20O2/c1-18-9-8-14-13-5-3-12(19)10-11(13)2-4-15(14)16(18)6-7-17(18)20/h2-5,10,16-17,19-20H,6-9H2,1H3/t16-,17-,18-/m0/s1/i3D,7D2,10D. The first-order chi connectivity index (χ1) is 11.2. The normalized spacial score (nSPS) is 37.5. The lowest BCUT2D eigenvalue weighted by atomic mass is 9.65. The van der Waals surface area contributed by atoms with Gasteiger partial charge in [-0.25, -0.2) is 0 Å². The number of hydrogen-bond donors (Lipinski definition) is 2. The number of aliphatic hydroxyl groups is 1. The van der Waals surface area contributed by atoms with Crippen LogP contribution in [0.25, 0.3) is 10.8 Å². The molecule has 104 valence electrons. The van der Waals surface area contributed by atoms with Crippen molar-refractivity contribution in [3.63, 3.8) is 0 Å². The monoisotopic (exact) mass is 272 g/mol. The van der Waals surface area contributed by atoms with Crippen LogP contribution in [-0.4, -0.2) is 16.3 Å². The Bertz CT molecular complexity index is 864. The van der Waals surface area contributed by atoms with E-state index in [1.165, 1.54) is 0 Å². The summed E-state index contributed by atoms with van der Waals surface area (Å²) >= 11 is 0. The quantitative estimate of drug-likeness (QED) is 0.767. The molecule has 0 aliphatic heterocycles. The van der Waals surface area contributed by atoms with Gasteiger partial charge in [0.2, 0.25) is 0 Å². The second-order valence-electron chi connectivity index (χ2n) is 6.23. The Morgan fingerprint density at radius 2 is 2.25 bits per heavy atom. The molecule has 2 aromatic carbocycles. The molecule has 2 aliphatic carbocycles. The Morgan fingerprint density at radius 1 is 1.40 bits per heavy atom. The van der Waals surface area contributed by atoms with Gasteiger partial charge >= 0.3 is 0 Å². The van der Waals surface area contributed by atoms with Crippen molar-refractivity contribution in [1.82, 2.24) is 0 Å². The third kappa shape index (κ3) is 1.49. The summed E-state index contributed by atoms with van der Waals surface area (Å²) in [7, 11) is 0. The van der Waals surface area contributed by atoms with Crippen molar-refractivity contribution in [1.29, 1.82) is 0 Å². The lowest BCUT2D eigenvalue weighted by Crippen LogP contribution is -2.35. The minimum absolute atomic E-state index is 0.0320. The second kappa shape index (κ2) is 3.98. The number of benzene rings is 2. The molecule has 2 N–H and O–H groups in total. The van der Waals surface area contributed by atoms with Gasteiger partial charge in [0, 0.05) is 8.16 Å². The van der Waals surface area contributed by atoms with E-state index in [2.05, 4.69) is 0 Å². The van der Waals surface area contributed by atoms with Gasteiger partial charge in [0.1, 0.15) is 5.75 Å². The zero-order chi connectivity index (χ0) is 17.4. The lowest BCUT2D eigenvalue weighted by Gasteiger charge is -2.40. The van der Waals surface area contributed by atoms with E-state index in [1.54, 1.807) is 12.1 Å². The molecule has 0 saturated heterocycles. The maximum Gasteiger partial charge on any atom is 0.116 e. The first-order valence-corrected chi connectivity index (χ1v) is 7.09. The van der Waals surface area contributed by atoms with Crippen molar-refractivity contribution in [2.45, 2.75) is 44.6 Å². The molecule has 0 unspecified atom stereocenters. The number of rotatable bonds is 0. The first kappa shape index (κ1) is 8.68. The Balaban J connectivity index is 1.96. The van der Waals surface area contributed by atoms with Gasteiger partial charge in [0.05, 0.1) is 8.85 Å². The first-order valence-electron chi connectivity index (χ1n) is 9.09. The third-order valence-corrected chi connectivity index (χ3v) is 5.22. The maximum absolute atomic E-state index is 10.5. The summed E-state index contributed by atoms with van der Waals surface area (Å²) in [5.41, 5.74) is 1.55. The largest absolute Gasteiger partial charge is 0.508 e. The number of fused-ring (bicyclic) bond motifs is 5. The third-order valence-electron chi connectivity index (χ3n) is 5.22. The molecule has 2 aliphatic rings. The fraction of sp³-hybridized carbons (Fsp3) is 0.444. The molecule has 0 amide bonds. The van der Waals surface area contributed by atoms with E-state index in [-0.39, 0.29) is 30.2 Å². The molecule has 0 heterocycles. The van der Waals surface area contributed by atoms with E-state index < -0.39 is 17.9 Å². The van der Waals surface area contributed by atoms with Crippen molar-refractivity contribution in [3.05, 3.63) is 41.4 Å². The molecule has 2 heteroatoms. The number of hydrogen-bond acceptors (Lipinski definition) is 2. The molecule has 0 aromatic heterocycles. The van der Waals surface area contributed by atoms with Crippen LogP contribution < -0.4 is 0 Å². The minimum atomic E-state index is -1.61. The molecule has 3 atom stereocenters. The van der Waals surface area contributed by atoms with Crippen LogP contribution in [0, 0.1) is 5.41 Å². The highest BCUT2D eigenvalue weighted by Crippen LogP contribution is 2.56. The van der Waals surface area contributed by atoms with Gasteiger partial charge in [-0.1, -0.05) is 25.1 Å². The van der Waals surface area contributed by atoms with Crippen LogP contribution in [0.5, 0.6) is 5.75 Å². The fourth-order valence-corrected chi connectivity index (χ4v) is 3.92. The molecule has 4 rings (SSSR count). The van der Waals surface area contributed by atoms with Crippen molar-refractivity contribution in [2.75, 3.05) is 0 Å². The van der Waals surface area contributed by atoms with Gasteiger partial charge in [-0.3, -0.25) is 0 Å². The molecule has 1 fully saturated rings. The van der Waals surface area contributed by atoms with Crippen molar-refractivity contribution < 1.29 is 15.7 Å². The van der Waals surface area contributed by atoms with Crippen LogP contribution >= 0.6 is 0 Å². The number of phenolic OH excluding ortho intramolecular Hbond substituents is 1. The van der Waals surface area contributed by atoms with Crippen LogP contribution in [0.2, 0.25) is 0 Å². The predicted molar refractivity (Wildman–Crippen MR) is 80.0 cm³/mol. The van der Waals surface area contributed by atoms with Gasteiger partial charge in [0.15, 0.2) is 0 Å². The van der Waals surface area contributed by atoms with Crippen molar-refractivity contribution in [2.24, 2.45) is 5.41 Å². The number of aryl methyl sites for hydroxylation is 1. The zero-order valence-corrected chi connectivity index (χ0v) is 11.4. The zero-order valence-electron chi connectivity index (χ0n) is 15.4. The van der Waals surface area contributed by atoms with Gasteiger partial charge in [-0.15, -0.1) is 0 Å². The number of aromatic hydroxyl groups is 1. The maximum atomic E-state index is 10.5. The highest BCUT2D eigenvalue weighted by Gasteiger charge is 2.48. The molecule has 0 spiro atoms. The molecular formula is C18H20O2. The van der Waals surface area contributed by atoms with Crippen LogP contribution in [0.15, 0.2) is 30.3 Å². The number of aliphatic hydroxyl groups excluding tert-OH is 1. The van der Waals surface area contributed by atoms with Crippen LogP contribution in [-0.2, 0) is 6.42 Å². The summed E-state index contributed by atoms with van der Waals surface area (Å²) in [6.45, 7) is 1.96. The summed E-state index contributed by atoms with van der Waals surface area (Å²) in [6.07, 6.45) is -0.964. The summed E-state index contributed by atoms with van der Waals surface area (Å²) in [5.74, 6) is -0.386. The van der Waals surface area contributed by atoms with Gasteiger partial charge in [0.25, 0.3) is 0 Å². The minimum Gasteiger partial charge on any atom is -0.508 e. The number of phenols is 1. The van der Waals surface area contributed by atoms with Crippen molar-refractivity contribution in [3.8, 4) is 5.75 Å². The van der Waals surface area contributed by atoms with E-state index in [0.717, 1.165) is 16.5 Å². The van der Waals surface area contributed by atoms with E-state index in [4.69, 9.17) is 5.48 Å². The smallest absolute Gasteiger partial charge is 0.116 e. The van der Waals surface area contributed by atoms with E-state index in [1.807, 2.05) is 13.0 Å². The second-order valence-corrected chi connectivity index (χ2v) is 6.23. The summed E-state index contributed by atoms with van der Waals surface area (Å²) in [4.78, 5) is 0. The van der Waals surface area contributed by atoms with E-state index in [9.17, 15) is 10.2 Å². The summed E-state index contributed by atoms with van der Waals surface area (Å²) < 4.78 is 32.2. The topological polar surface area (TPSA) is 40.5 Å². The molecule has 0 bridgehead atoms. The van der Waals surface area contributed by atoms with Crippen molar-refractivity contribution >= 4 is 10.8 Å². The average molecular weight is 272 g/mol. The summed E-state index contributed by atoms with van der Waals surface area (Å²) in [6, 6.07) is 5.20. The fourth-order valence-electron chi connectivity index (χ4n) is 3.92. The van der Waals surface area contributed by atoms with Gasteiger partial charge < -0.3 is 10.2 Å². The Labute approximate surface area is 124 Å². The average Bonchev–Trinajstić information content (AvgIpc) is 2.72.